The second kappa shape index (κ2) is 8.30. The van der Waals surface area contributed by atoms with Crippen molar-refractivity contribution in [3.8, 4) is 22.3 Å². The van der Waals surface area contributed by atoms with Crippen LogP contribution >= 0.6 is 0 Å². The van der Waals surface area contributed by atoms with Crippen LogP contribution in [0.15, 0.2) is 146 Å². The van der Waals surface area contributed by atoms with E-state index in [-0.39, 0.29) is 0 Å². The predicted octanol–water partition coefficient (Wildman–Crippen LogP) is 10.8. The number of hydrogen-bond donors (Lipinski definition) is 0. The molecule has 38 heavy (non-hydrogen) atoms. The molecule has 176 valence electrons. The highest BCUT2D eigenvalue weighted by molar-refractivity contribution is 6.19. The molecule has 0 N–H and O–H groups in total. The van der Waals surface area contributed by atoms with E-state index in [9.17, 15) is 0 Å². The van der Waals surface area contributed by atoms with Gasteiger partial charge in [0.05, 0.1) is 0 Å². The fraction of sp³-hybridized carbons (Fsp3) is 0. The summed E-state index contributed by atoms with van der Waals surface area (Å²) in [5.41, 5.74) is 5.11. The molecule has 8 rings (SSSR count). The SMILES string of the molecule is c1ccc2c(c1)cc(-c1cccc3c(-c4cc5ccccc5c5ccccc45)cccc13)c1ccccc12. The van der Waals surface area contributed by atoms with Crippen LogP contribution in [0.2, 0.25) is 0 Å². The molecule has 0 radical (unpaired) electrons. The summed E-state index contributed by atoms with van der Waals surface area (Å²) in [6.45, 7) is 0. The largest absolute Gasteiger partial charge is 0.0616 e. The van der Waals surface area contributed by atoms with Crippen molar-refractivity contribution in [3.05, 3.63) is 146 Å². The van der Waals surface area contributed by atoms with Gasteiger partial charge in [-0.3, -0.25) is 0 Å². The number of benzene rings is 8. The maximum absolute atomic E-state index is 2.37. The minimum atomic E-state index is 1.27. The minimum Gasteiger partial charge on any atom is -0.0616 e. The Kier molecular flexibility index (Phi) is 4.62. The first-order valence-corrected chi connectivity index (χ1v) is 13.2. The molecule has 0 atom stereocenters. The lowest BCUT2D eigenvalue weighted by Crippen LogP contribution is -1.89. The summed E-state index contributed by atoms with van der Waals surface area (Å²) in [4.78, 5) is 0. The monoisotopic (exact) mass is 480 g/mol. The smallest absolute Gasteiger partial charge is 0.00928 e. The highest BCUT2D eigenvalue weighted by Crippen LogP contribution is 2.42. The zero-order valence-electron chi connectivity index (χ0n) is 20.9. The summed E-state index contributed by atoms with van der Waals surface area (Å²) < 4.78 is 0. The van der Waals surface area contributed by atoms with Gasteiger partial charge in [0.15, 0.2) is 0 Å². The van der Waals surface area contributed by atoms with Crippen LogP contribution in [-0.2, 0) is 0 Å². The van der Waals surface area contributed by atoms with Crippen molar-refractivity contribution in [2.24, 2.45) is 0 Å². The van der Waals surface area contributed by atoms with E-state index in [0.29, 0.717) is 0 Å². The Morgan fingerprint density at radius 1 is 0.211 bits per heavy atom. The van der Waals surface area contributed by atoms with Gasteiger partial charge >= 0.3 is 0 Å². The Morgan fingerprint density at radius 3 is 0.974 bits per heavy atom. The van der Waals surface area contributed by atoms with Gasteiger partial charge in [0.1, 0.15) is 0 Å². The number of hydrogen-bond acceptors (Lipinski definition) is 0. The molecule has 8 aromatic carbocycles. The molecule has 0 unspecified atom stereocenters. The van der Waals surface area contributed by atoms with Gasteiger partial charge in [-0.05, 0) is 88.2 Å². The van der Waals surface area contributed by atoms with E-state index in [1.807, 2.05) is 0 Å². The Hall–Kier alpha value is -4.94. The second-order valence-electron chi connectivity index (χ2n) is 10.1. The van der Waals surface area contributed by atoms with Crippen LogP contribution in [0.4, 0.5) is 0 Å². The molecular formula is C38H24. The quantitative estimate of drug-likeness (QED) is 0.216. The molecule has 0 saturated carbocycles. The van der Waals surface area contributed by atoms with E-state index in [0.717, 1.165) is 0 Å². The summed E-state index contributed by atoms with van der Waals surface area (Å²) in [5, 5.41) is 12.9. The molecule has 0 bridgehead atoms. The van der Waals surface area contributed by atoms with Crippen molar-refractivity contribution in [3.63, 3.8) is 0 Å². The third-order valence-electron chi connectivity index (χ3n) is 8.04. The van der Waals surface area contributed by atoms with E-state index < -0.39 is 0 Å². The molecular weight excluding hydrogens is 456 g/mol. The fourth-order valence-corrected chi connectivity index (χ4v) is 6.33. The molecule has 0 amide bonds. The zero-order chi connectivity index (χ0) is 25.1. The van der Waals surface area contributed by atoms with Gasteiger partial charge in [0, 0.05) is 0 Å². The molecule has 0 heteroatoms. The summed E-state index contributed by atoms with van der Waals surface area (Å²) in [6, 6.07) is 53.3. The van der Waals surface area contributed by atoms with Crippen LogP contribution in [0.25, 0.3) is 76.1 Å². The predicted molar refractivity (Wildman–Crippen MR) is 165 cm³/mol. The van der Waals surface area contributed by atoms with Crippen LogP contribution in [0, 0.1) is 0 Å². The molecule has 0 aromatic heterocycles. The lowest BCUT2D eigenvalue weighted by molar-refractivity contribution is 1.68. The Bertz CT molecular complexity index is 2020. The first-order chi connectivity index (χ1) is 18.9. The van der Waals surface area contributed by atoms with Crippen molar-refractivity contribution in [1.82, 2.24) is 0 Å². The Balaban J connectivity index is 1.46. The van der Waals surface area contributed by atoms with Gasteiger partial charge in [-0.1, -0.05) is 133 Å². The van der Waals surface area contributed by atoms with Crippen LogP contribution in [0.5, 0.6) is 0 Å². The molecule has 0 fully saturated rings. The molecule has 0 nitrogen and oxygen atoms in total. The molecule has 0 aliphatic rings. The van der Waals surface area contributed by atoms with E-state index in [2.05, 4.69) is 146 Å². The van der Waals surface area contributed by atoms with Gasteiger partial charge < -0.3 is 0 Å². The van der Waals surface area contributed by atoms with E-state index in [1.165, 1.54) is 76.1 Å². The van der Waals surface area contributed by atoms with Crippen LogP contribution in [0.1, 0.15) is 0 Å². The normalized spacial score (nSPS) is 11.7. The van der Waals surface area contributed by atoms with Gasteiger partial charge in [0.25, 0.3) is 0 Å². The first-order valence-electron chi connectivity index (χ1n) is 13.2. The topological polar surface area (TPSA) is 0 Å². The van der Waals surface area contributed by atoms with Crippen LogP contribution < -0.4 is 0 Å². The molecule has 0 spiro atoms. The fourth-order valence-electron chi connectivity index (χ4n) is 6.33. The summed E-state index contributed by atoms with van der Waals surface area (Å²) in [6.07, 6.45) is 0. The van der Waals surface area contributed by atoms with Gasteiger partial charge in [-0.25, -0.2) is 0 Å². The molecule has 0 heterocycles. The number of rotatable bonds is 2. The Morgan fingerprint density at radius 2 is 0.526 bits per heavy atom. The lowest BCUT2D eigenvalue weighted by atomic mass is 9.87. The third kappa shape index (κ3) is 3.11. The van der Waals surface area contributed by atoms with Crippen molar-refractivity contribution in [2.75, 3.05) is 0 Å². The lowest BCUT2D eigenvalue weighted by Gasteiger charge is -2.16. The van der Waals surface area contributed by atoms with Crippen molar-refractivity contribution >= 4 is 53.9 Å². The first kappa shape index (κ1) is 21.2. The van der Waals surface area contributed by atoms with Crippen molar-refractivity contribution in [2.45, 2.75) is 0 Å². The molecule has 0 saturated heterocycles. The van der Waals surface area contributed by atoms with Crippen LogP contribution in [0.3, 0.4) is 0 Å². The average Bonchev–Trinajstić information content (AvgIpc) is 3.00. The summed E-state index contributed by atoms with van der Waals surface area (Å²) >= 11 is 0. The third-order valence-corrected chi connectivity index (χ3v) is 8.04. The van der Waals surface area contributed by atoms with Gasteiger partial charge in [-0.2, -0.15) is 0 Å². The molecule has 8 aromatic rings. The molecule has 0 aliphatic carbocycles. The second-order valence-corrected chi connectivity index (χ2v) is 10.1. The standard InChI is InChI=1S/C38H24/c1-3-13-27-25(11-1)23-37(33-17-7-5-15-29(27)33)35-21-9-20-32-31(35)19-10-22-36(32)38-24-26-12-2-4-14-28(26)30-16-6-8-18-34(30)38/h1-24H. The van der Waals surface area contributed by atoms with E-state index in [4.69, 9.17) is 0 Å². The highest BCUT2D eigenvalue weighted by atomic mass is 14.2. The average molecular weight is 481 g/mol. The highest BCUT2D eigenvalue weighted by Gasteiger charge is 2.15. The van der Waals surface area contributed by atoms with Gasteiger partial charge in [0.2, 0.25) is 0 Å². The van der Waals surface area contributed by atoms with Crippen LogP contribution in [-0.4, -0.2) is 0 Å². The summed E-state index contributed by atoms with van der Waals surface area (Å²) in [7, 11) is 0. The maximum atomic E-state index is 2.37. The maximum Gasteiger partial charge on any atom is -0.00928 e. The minimum absolute atomic E-state index is 1.27. The zero-order valence-corrected chi connectivity index (χ0v) is 20.9. The van der Waals surface area contributed by atoms with Gasteiger partial charge in [-0.15, -0.1) is 0 Å². The van der Waals surface area contributed by atoms with E-state index in [1.54, 1.807) is 0 Å². The number of fused-ring (bicyclic) bond motifs is 7. The summed E-state index contributed by atoms with van der Waals surface area (Å²) in [5.74, 6) is 0. The van der Waals surface area contributed by atoms with E-state index >= 15 is 0 Å². The molecule has 0 aliphatic heterocycles. The Labute approximate surface area is 221 Å². The van der Waals surface area contributed by atoms with Crippen molar-refractivity contribution in [1.29, 1.82) is 0 Å². The van der Waals surface area contributed by atoms with Crippen molar-refractivity contribution < 1.29 is 0 Å².